The number of anilines is 1. The first kappa shape index (κ1) is 15.5. The molecule has 0 unspecified atom stereocenters. The van der Waals surface area contributed by atoms with Gasteiger partial charge in [0, 0.05) is 17.3 Å². The van der Waals surface area contributed by atoms with E-state index in [-0.39, 0.29) is 18.3 Å². The zero-order chi connectivity index (χ0) is 15.2. The molecule has 0 atom stereocenters. The Hall–Kier alpha value is -1.91. The highest BCUT2D eigenvalue weighted by Gasteiger charge is 2.04. The maximum atomic E-state index is 13.4. The fourth-order valence-electron chi connectivity index (χ4n) is 1.80. The van der Waals surface area contributed by atoms with E-state index in [1.165, 1.54) is 6.07 Å². The van der Waals surface area contributed by atoms with Gasteiger partial charge >= 0.3 is 0 Å². The van der Waals surface area contributed by atoms with Gasteiger partial charge in [0.1, 0.15) is 5.82 Å². The Morgan fingerprint density at radius 3 is 2.57 bits per heavy atom. The minimum absolute atomic E-state index is 0.151. The minimum Gasteiger partial charge on any atom is -0.325 e. The van der Waals surface area contributed by atoms with Crippen molar-refractivity contribution in [3.8, 4) is 0 Å². The van der Waals surface area contributed by atoms with Crippen LogP contribution in [0.25, 0.3) is 0 Å². The molecule has 0 saturated carbocycles. The van der Waals surface area contributed by atoms with E-state index in [0.717, 1.165) is 5.56 Å². The molecular formula is C16H16ClFN2O. The SMILES string of the molecule is Cc1ccc(NC(=O)CNCc2ccc(Cl)cc2)cc1F. The lowest BCUT2D eigenvalue weighted by Gasteiger charge is -2.08. The molecule has 2 aromatic rings. The van der Waals surface area contributed by atoms with Gasteiger partial charge in [0.05, 0.1) is 6.54 Å². The second-order valence-corrected chi connectivity index (χ2v) is 5.18. The molecule has 0 aromatic heterocycles. The number of nitrogens with one attached hydrogen (secondary N) is 2. The summed E-state index contributed by atoms with van der Waals surface area (Å²) < 4.78 is 13.4. The molecule has 21 heavy (non-hydrogen) atoms. The van der Waals surface area contributed by atoms with Crippen molar-refractivity contribution in [2.45, 2.75) is 13.5 Å². The summed E-state index contributed by atoms with van der Waals surface area (Å²) in [7, 11) is 0. The van der Waals surface area contributed by atoms with Crippen LogP contribution in [0.3, 0.4) is 0 Å². The van der Waals surface area contributed by atoms with Gasteiger partial charge in [0.15, 0.2) is 0 Å². The molecule has 2 rings (SSSR count). The predicted molar refractivity (Wildman–Crippen MR) is 82.9 cm³/mol. The quantitative estimate of drug-likeness (QED) is 0.887. The van der Waals surface area contributed by atoms with Gasteiger partial charge in [0.2, 0.25) is 5.91 Å². The summed E-state index contributed by atoms with van der Waals surface area (Å²) in [6.45, 7) is 2.39. The molecule has 0 heterocycles. The lowest BCUT2D eigenvalue weighted by atomic mass is 10.2. The Bertz CT molecular complexity index is 629. The second kappa shape index (κ2) is 7.20. The molecule has 2 N–H and O–H groups in total. The highest BCUT2D eigenvalue weighted by molar-refractivity contribution is 6.30. The van der Waals surface area contributed by atoms with Crippen molar-refractivity contribution in [1.29, 1.82) is 0 Å². The molecule has 0 fully saturated rings. The first-order valence-corrected chi connectivity index (χ1v) is 6.93. The van der Waals surface area contributed by atoms with Crippen molar-refractivity contribution in [3.05, 3.63) is 64.4 Å². The monoisotopic (exact) mass is 306 g/mol. The van der Waals surface area contributed by atoms with Crippen LogP contribution >= 0.6 is 11.6 Å². The second-order valence-electron chi connectivity index (χ2n) is 4.74. The molecule has 5 heteroatoms. The predicted octanol–water partition coefficient (Wildman–Crippen LogP) is 3.52. The number of aryl methyl sites for hydroxylation is 1. The van der Waals surface area contributed by atoms with Crippen molar-refractivity contribution in [1.82, 2.24) is 5.32 Å². The van der Waals surface area contributed by atoms with Crippen molar-refractivity contribution < 1.29 is 9.18 Å². The molecule has 0 aliphatic heterocycles. The summed E-state index contributed by atoms with van der Waals surface area (Å²) in [5, 5.41) is 6.34. The molecular weight excluding hydrogens is 291 g/mol. The van der Waals surface area contributed by atoms with Crippen LogP contribution in [0.1, 0.15) is 11.1 Å². The average molecular weight is 307 g/mol. The normalized spacial score (nSPS) is 10.4. The zero-order valence-electron chi connectivity index (χ0n) is 11.6. The van der Waals surface area contributed by atoms with E-state index in [0.29, 0.717) is 22.8 Å². The lowest BCUT2D eigenvalue weighted by molar-refractivity contribution is -0.115. The van der Waals surface area contributed by atoms with Gasteiger partial charge in [-0.05, 0) is 42.3 Å². The average Bonchev–Trinajstić information content (AvgIpc) is 2.45. The highest BCUT2D eigenvalue weighted by Crippen LogP contribution is 2.13. The number of halogens is 2. The highest BCUT2D eigenvalue weighted by atomic mass is 35.5. The smallest absolute Gasteiger partial charge is 0.238 e. The van der Waals surface area contributed by atoms with E-state index in [4.69, 9.17) is 11.6 Å². The number of carbonyl (C=O) groups is 1. The zero-order valence-corrected chi connectivity index (χ0v) is 12.4. The van der Waals surface area contributed by atoms with Crippen molar-refractivity contribution in [2.24, 2.45) is 0 Å². The Balaban J connectivity index is 1.79. The summed E-state index contributed by atoms with van der Waals surface area (Å²) in [5.74, 6) is -0.547. The van der Waals surface area contributed by atoms with Crippen molar-refractivity contribution in [2.75, 3.05) is 11.9 Å². The number of rotatable bonds is 5. The van der Waals surface area contributed by atoms with Gasteiger partial charge < -0.3 is 10.6 Å². The van der Waals surface area contributed by atoms with E-state index in [1.54, 1.807) is 31.2 Å². The van der Waals surface area contributed by atoms with Crippen LogP contribution in [-0.4, -0.2) is 12.5 Å². The first-order chi connectivity index (χ1) is 10.0. The van der Waals surface area contributed by atoms with Crippen molar-refractivity contribution in [3.63, 3.8) is 0 Å². The fourth-order valence-corrected chi connectivity index (χ4v) is 1.92. The van der Waals surface area contributed by atoms with Crippen LogP contribution in [0, 0.1) is 12.7 Å². The van der Waals surface area contributed by atoms with Gasteiger partial charge in [-0.3, -0.25) is 4.79 Å². The van der Waals surface area contributed by atoms with Crippen LogP contribution in [0.2, 0.25) is 5.02 Å². The van der Waals surface area contributed by atoms with E-state index >= 15 is 0 Å². The number of amides is 1. The molecule has 0 saturated heterocycles. The Morgan fingerprint density at radius 1 is 1.19 bits per heavy atom. The molecule has 0 aliphatic carbocycles. The summed E-state index contributed by atoms with van der Waals surface area (Å²) >= 11 is 5.80. The van der Waals surface area contributed by atoms with Gasteiger partial charge in [0.25, 0.3) is 0 Å². The lowest BCUT2D eigenvalue weighted by Crippen LogP contribution is -2.27. The Morgan fingerprint density at radius 2 is 1.90 bits per heavy atom. The molecule has 0 bridgehead atoms. The van der Waals surface area contributed by atoms with E-state index in [2.05, 4.69) is 10.6 Å². The van der Waals surface area contributed by atoms with Gasteiger partial charge in [-0.15, -0.1) is 0 Å². The fraction of sp³-hybridized carbons (Fsp3) is 0.188. The van der Waals surface area contributed by atoms with E-state index in [1.807, 2.05) is 12.1 Å². The third-order valence-electron chi connectivity index (χ3n) is 2.98. The van der Waals surface area contributed by atoms with Crippen molar-refractivity contribution >= 4 is 23.2 Å². The molecule has 2 aromatic carbocycles. The largest absolute Gasteiger partial charge is 0.325 e. The summed E-state index contributed by atoms with van der Waals surface area (Å²) in [6, 6.07) is 12.0. The summed E-state index contributed by atoms with van der Waals surface area (Å²) in [6.07, 6.45) is 0. The van der Waals surface area contributed by atoms with Crippen LogP contribution in [0.15, 0.2) is 42.5 Å². The molecule has 0 radical (unpaired) electrons. The maximum Gasteiger partial charge on any atom is 0.238 e. The van der Waals surface area contributed by atoms with Gasteiger partial charge in [-0.1, -0.05) is 29.8 Å². The Kier molecular flexibility index (Phi) is 5.31. The first-order valence-electron chi connectivity index (χ1n) is 6.56. The molecule has 0 spiro atoms. The topological polar surface area (TPSA) is 41.1 Å². The maximum absolute atomic E-state index is 13.4. The molecule has 3 nitrogen and oxygen atoms in total. The Labute approximate surface area is 128 Å². The number of hydrogen-bond acceptors (Lipinski definition) is 2. The number of hydrogen-bond donors (Lipinski definition) is 2. The number of benzene rings is 2. The van der Waals surface area contributed by atoms with Crippen LogP contribution in [-0.2, 0) is 11.3 Å². The van der Waals surface area contributed by atoms with Gasteiger partial charge in [-0.25, -0.2) is 4.39 Å². The van der Waals surface area contributed by atoms with Crippen LogP contribution in [0.4, 0.5) is 10.1 Å². The molecule has 0 aliphatic rings. The molecule has 110 valence electrons. The minimum atomic E-state index is -0.332. The third-order valence-corrected chi connectivity index (χ3v) is 3.24. The third kappa shape index (κ3) is 4.85. The number of carbonyl (C=O) groups excluding carboxylic acids is 1. The van der Waals surface area contributed by atoms with E-state index < -0.39 is 0 Å². The standard InChI is InChI=1S/C16H16ClFN2O/c1-11-2-7-14(8-15(11)18)20-16(21)10-19-9-12-3-5-13(17)6-4-12/h2-8,19H,9-10H2,1H3,(H,20,21). The van der Waals surface area contributed by atoms with Crippen LogP contribution < -0.4 is 10.6 Å². The summed E-state index contributed by atoms with van der Waals surface area (Å²) in [4.78, 5) is 11.7. The van der Waals surface area contributed by atoms with Crippen LogP contribution in [0.5, 0.6) is 0 Å². The summed E-state index contributed by atoms with van der Waals surface area (Å²) in [5.41, 5.74) is 2.04. The molecule has 1 amide bonds. The van der Waals surface area contributed by atoms with E-state index in [9.17, 15) is 9.18 Å². The van der Waals surface area contributed by atoms with Gasteiger partial charge in [-0.2, -0.15) is 0 Å².